The summed E-state index contributed by atoms with van der Waals surface area (Å²) in [7, 11) is -1.51. The second-order valence-corrected chi connectivity index (χ2v) is 20.8. The van der Waals surface area contributed by atoms with Gasteiger partial charge in [-0.1, -0.05) is 147 Å². The number of rotatable bonds is 4. The largest absolute Gasteiger partial charge is 0.488 e. The third kappa shape index (κ3) is 9.71. The van der Waals surface area contributed by atoms with Crippen LogP contribution in [-0.4, -0.2) is 30.9 Å². The summed E-state index contributed by atoms with van der Waals surface area (Å²) >= 11 is 7.05. The molecule has 0 unspecified atom stereocenters. The van der Waals surface area contributed by atoms with Gasteiger partial charge in [-0.3, -0.25) is 0 Å². The zero-order chi connectivity index (χ0) is 53.4. The molecule has 5 nitrogen and oxygen atoms in total. The van der Waals surface area contributed by atoms with E-state index in [2.05, 4.69) is 132 Å². The smallest absolute Gasteiger partial charge is 0.423 e. The molecule has 2 N–H and O–H groups in total. The van der Waals surface area contributed by atoms with Gasteiger partial charge in [0.1, 0.15) is 17.5 Å². The molecule has 0 spiro atoms. The molecule has 3 aromatic heterocycles. The Morgan fingerprint density at radius 2 is 0.667 bits per heavy atom. The number of hydrogen-bond donors (Lipinski definition) is 2. The number of para-hydroxylation sites is 4. The maximum Gasteiger partial charge on any atom is 0.488 e. The summed E-state index contributed by atoms with van der Waals surface area (Å²) in [6.45, 7) is 0. The van der Waals surface area contributed by atoms with Gasteiger partial charge in [-0.25, -0.2) is 13.2 Å². The molecular formula is C67H45BBr2F3N3O2. The van der Waals surface area contributed by atoms with Crippen molar-refractivity contribution in [2.24, 2.45) is 0 Å². The molecular weight excluding hydrogens is 1110 g/mol. The van der Waals surface area contributed by atoms with E-state index in [1.807, 2.05) is 102 Å². The van der Waals surface area contributed by atoms with Crippen molar-refractivity contribution < 1.29 is 23.2 Å². The minimum atomic E-state index is -1.51. The highest BCUT2D eigenvalue weighted by atomic mass is 79.9. The molecule has 0 radical (unpaired) electrons. The number of aromatic nitrogens is 3. The van der Waals surface area contributed by atoms with Crippen molar-refractivity contribution in [3.05, 3.63) is 286 Å². The lowest BCUT2D eigenvalue weighted by molar-refractivity contribution is 0.426. The first-order valence-electron chi connectivity index (χ1n) is 25.3. The summed E-state index contributed by atoms with van der Waals surface area (Å²) in [6, 6.07) is 79.0. The van der Waals surface area contributed by atoms with Gasteiger partial charge in [0.2, 0.25) is 0 Å². The third-order valence-corrected chi connectivity index (χ3v) is 15.2. The topological polar surface area (TPSA) is 55.2 Å². The molecule has 15 rings (SSSR count). The molecule has 11 heteroatoms. The minimum Gasteiger partial charge on any atom is -0.423 e. The highest BCUT2D eigenvalue weighted by Crippen LogP contribution is 2.39. The van der Waals surface area contributed by atoms with E-state index in [1.165, 1.54) is 80.2 Å². The zero-order valence-corrected chi connectivity index (χ0v) is 44.8. The fourth-order valence-corrected chi connectivity index (χ4v) is 11.4. The van der Waals surface area contributed by atoms with Gasteiger partial charge >= 0.3 is 7.12 Å². The van der Waals surface area contributed by atoms with Gasteiger partial charge in [0.15, 0.2) is 0 Å². The highest BCUT2D eigenvalue weighted by molar-refractivity contribution is 9.10. The van der Waals surface area contributed by atoms with Crippen molar-refractivity contribution in [1.82, 2.24) is 13.7 Å². The molecule has 78 heavy (non-hydrogen) atoms. The number of nitrogens with zero attached hydrogens (tertiary/aromatic N) is 3. The van der Waals surface area contributed by atoms with E-state index in [9.17, 15) is 23.2 Å². The van der Waals surface area contributed by atoms with Gasteiger partial charge in [0.05, 0.1) is 33.1 Å². The van der Waals surface area contributed by atoms with E-state index in [4.69, 9.17) is 0 Å². The summed E-state index contributed by atoms with van der Waals surface area (Å²) in [5.41, 5.74) is 15.3. The summed E-state index contributed by atoms with van der Waals surface area (Å²) in [4.78, 5) is 0. The SMILES string of the molecule is Brc1ccc2c(c1)-c1ccccc1C2.Fc1ccc(-n2c3ccccc3c3cc(Br)ccc32)cc1.Fc1ccc(-n2c3ccccc3c3ccccc32)cc1.OB(O)c1ccc2c(c1)c1ccccc1n2-c1ccc(F)cc1. The van der Waals surface area contributed by atoms with Gasteiger partial charge in [-0.2, -0.15) is 0 Å². The first-order chi connectivity index (χ1) is 38.1. The Balaban J connectivity index is 0.000000105. The fourth-order valence-electron chi connectivity index (χ4n) is 10.7. The molecule has 0 fully saturated rings. The Morgan fingerprint density at radius 1 is 0.321 bits per heavy atom. The van der Waals surface area contributed by atoms with Crippen molar-refractivity contribution >= 4 is 110 Å². The van der Waals surface area contributed by atoms with Crippen molar-refractivity contribution in [3.8, 4) is 28.2 Å². The van der Waals surface area contributed by atoms with Crippen LogP contribution in [0.3, 0.4) is 0 Å². The first-order valence-corrected chi connectivity index (χ1v) is 26.9. The lowest BCUT2D eigenvalue weighted by Crippen LogP contribution is -2.29. The Kier molecular flexibility index (Phi) is 13.9. The monoisotopic (exact) mass is 1150 g/mol. The van der Waals surface area contributed by atoms with Crippen LogP contribution in [0.1, 0.15) is 11.1 Å². The second kappa shape index (κ2) is 21.5. The van der Waals surface area contributed by atoms with Crippen LogP contribution in [0, 0.1) is 17.5 Å². The minimum absolute atomic E-state index is 0.213. The van der Waals surface area contributed by atoms with Crippen LogP contribution in [0.5, 0.6) is 0 Å². The Hall–Kier alpha value is -8.45. The molecule has 0 saturated heterocycles. The van der Waals surface area contributed by atoms with Crippen LogP contribution in [0.15, 0.2) is 258 Å². The average molecular weight is 1150 g/mol. The van der Waals surface area contributed by atoms with Crippen LogP contribution in [-0.2, 0) is 6.42 Å². The van der Waals surface area contributed by atoms with Gasteiger partial charge in [-0.15, -0.1) is 0 Å². The van der Waals surface area contributed by atoms with Gasteiger partial charge in [-0.05, 0) is 168 Å². The van der Waals surface area contributed by atoms with Crippen LogP contribution < -0.4 is 5.46 Å². The highest BCUT2D eigenvalue weighted by Gasteiger charge is 2.19. The van der Waals surface area contributed by atoms with E-state index in [-0.39, 0.29) is 17.5 Å². The van der Waals surface area contributed by atoms with Crippen LogP contribution in [0.25, 0.3) is 93.6 Å². The predicted molar refractivity (Wildman–Crippen MR) is 322 cm³/mol. The standard InChI is InChI=1S/C18H13BFNO2.C18H11BrFN.C18H12FN.C13H9Br/c20-13-6-8-14(9-7-13)21-17-4-2-1-3-15(17)16-11-12(19(22)23)5-10-18(16)21;19-12-5-10-18-16(11-12)15-3-1-2-4-17(15)21(18)14-8-6-13(20)7-9-14;19-13-9-11-14(12-10-13)20-17-7-3-1-5-15(17)16-6-2-4-8-18(16)20;14-11-6-5-10-7-9-3-1-2-4-12(9)13(10)8-11/h1-11,22-23H;1-11H;1-12H;1-6,8H,7H2. The maximum atomic E-state index is 13.2. The summed E-state index contributed by atoms with van der Waals surface area (Å²) in [6.07, 6.45) is 1.08. The number of halogens is 5. The molecule has 1 aliphatic rings. The van der Waals surface area contributed by atoms with E-state index < -0.39 is 7.12 Å². The van der Waals surface area contributed by atoms with Gasteiger partial charge < -0.3 is 23.7 Å². The average Bonchev–Trinajstić information content (AvgIpc) is 4.31. The second-order valence-electron chi connectivity index (χ2n) is 19.0. The molecule has 378 valence electrons. The summed E-state index contributed by atoms with van der Waals surface area (Å²) in [5, 5.41) is 25.6. The van der Waals surface area contributed by atoms with E-state index >= 15 is 0 Å². The Bertz CT molecular complexity index is 4460. The molecule has 0 aliphatic heterocycles. The molecule has 14 aromatic rings. The molecule has 1 aliphatic carbocycles. The van der Waals surface area contributed by atoms with Crippen molar-refractivity contribution in [1.29, 1.82) is 0 Å². The maximum absolute atomic E-state index is 13.2. The molecule has 3 heterocycles. The fraction of sp³-hybridized carbons (Fsp3) is 0.0149. The van der Waals surface area contributed by atoms with E-state index in [0.29, 0.717) is 5.46 Å². The number of fused-ring (bicyclic) bond motifs is 12. The van der Waals surface area contributed by atoms with E-state index in [1.54, 1.807) is 24.3 Å². The Morgan fingerprint density at radius 3 is 1.13 bits per heavy atom. The van der Waals surface area contributed by atoms with Gasteiger partial charge in [0.25, 0.3) is 0 Å². The normalized spacial score (nSPS) is 11.5. The quantitative estimate of drug-likeness (QED) is 0.173. The van der Waals surface area contributed by atoms with Gasteiger partial charge in [0, 0.05) is 58.3 Å². The summed E-state index contributed by atoms with van der Waals surface area (Å²) < 4.78 is 48.2. The molecule has 11 aromatic carbocycles. The summed E-state index contributed by atoms with van der Waals surface area (Å²) in [5.74, 6) is -0.711. The van der Waals surface area contributed by atoms with Crippen molar-refractivity contribution in [2.45, 2.75) is 6.42 Å². The molecule has 0 bridgehead atoms. The van der Waals surface area contributed by atoms with Crippen LogP contribution >= 0.6 is 31.9 Å². The van der Waals surface area contributed by atoms with E-state index in [0.717, 1.165) is 76.3 Å². The Labute approximate surface area is 464 Å². The van der Waals surface area contributed by atoms with Crippen molar-refractivity contribution in [3.63, 3.8) is 0 Å². The zero-order valence-electron chi connectivity index (χ0n) is 41.6. The number of benzene rings is 11. The first kappa shape index (κ1) is 50.4. The lowest BCUT2D eigenvalue weighted by Gasteiger charge is -2.08. The van der Waals surface area contributed by atoms with Crippen LogP contribution in [0.4, 0.5) is 13.2 Å². The van der Waals surface area contributed by atoms with Crippen LogP contribution in [0.2, 0.25) is 0 Å². The van der Waals surface area contributed by atoms with Crippen molar-refractivity contribution in [2.75, 3.05) is 0 Å². The molecule has 0 amide bonds. The molecule has 0 atom stereocenters. The number of hydrogen-bond acceptors (Lipinski definition) is 2. The molecule has 0 saturated carbocycles. The lowest BCUT2D eigenvalue weighted by atomic mass is 9.80. The predicted octanol–water partition coefficient (Wildman–Crippen LogP) is 17.2. The third-order valence-electron chi connectivity index (χ3n) is 14.2.